The van der Waals surface area contributed by atoms with Gasteiger partial charge in [0.15, 0.2) is 11.6 Å². The van der Waals surface area contributed by atoms with Crippen LogP contribution in [0.4, 0.5) is 0 Å². The number of hydrogen-bond donors (Lipinski definition) is 2. The van der Waals surface area contributed by atoms with Crippen LogP contribution in [-0.4, -0.2) is 25.3 Å². The van der Waals surface area contributed by atoms with Crippen LogP contribution in [0.1, 0.15) is 0 Å². The zero-order valence-corrected chi connectivity index (χ0v) is 12.6. The summed E-state index contributed by atoms with van der Waals surface area (Å²) in [5.41, 5.74) is 1.18. The third kappa shape index (κ3) is 2.41. The highest BCUT2D eigenvalue weighted by Gasteiger charge is 2.14. The number of fused-ring (bicyclic) bond motifs is 1. The highest BCUT2D eigenvalue weighted by Crippen LogP contribution is 2.31. The van der Waals surface area contributed by atoms with Gasteiger partial charge in [0.2, 0.25) is 0 Å². The van der Waals surface area contributed by atoms with Gasteiger partial charge in [0.05, 0.1) is 5.56 Å². The van der Waals surface area contributed by atoms with Crippen molar-refractivity contribution in [3.63, 3.8) is 0 Å². The van der Waals surface area contributed by atoms with Gasteiger partial charge in [0.25, 0.3) is 0 Å². The molecule has 0 spiro atoms. The van der Waals surface area contributed by atoms with Crippen LogP contribution in [0.15, 0.2) is 54.7 Å². The number of aromatic amines is 1. The van der Waals surface area contributed by atoms with Crippen LogP contribution in [0.3, 0.4) is 0 Å². The van der Waals surface area contributed by atoms with Gasteiger partial charge in [-0.1, -0.05) is 35.9 Å². The number of aromatic nitrogens is 4. The Morgan fingerprint density at radius 3 is 2.83 bits per heavy atom. The van der Waals surface area contributed by atoms with Crippen LogP contribution >= 0.6 is 11.6 Å². The maximum atomic E-state index is 9.97. The fourth-order valence-corrected chi connectivity index (χ4v) is 2.66. The van der Waals surface area contributed by atoms with Crippen molar-refractivity contribution in [3.05, 3.63) is 59.8 Å². The van der Waals surface area contributed by atoms with Gasteiger partial charge in [-0.05, 0) is 29.7 Å². The van der Waals surface area contributed by atoms with Crippen molar-refractivity contribution in [2.75, 3.05) is 0 Å². The summed E-state index contributed by atoms with van der Waals surface area (Å²) in [5, 5.41) is 19.6. The smallest absolute Gasteiger partial charge is 0.185 e. The van der Waals surface area contributed by atoms with Crippen molar-refractivity contribution in [1.82, 2.24) is 20.2 Å². The molecule has 23 heavy (non-hydrogen) atoms. The number of phenols is 1. The number of rotatable bonds is 2. The number of phenolic OH excluding ortho intramolecular Hbond substituents is 1. The maximum absolute atomic E-state index is 9.97. The van der Waals surface area contributed by atoms with Crippen molar-refractivity contribution >= 4 is 22.4 Å². The standard InChI is InChI=1S/C17H11ClN4O/c18-11-5-6-14(23)13(9-11)16-20-17(22-21-16)15-12-4-2-1-3-10(12)7-8-19-15/h1-9,23H,(H,20,21,22). The molecule has 2 heterocycles. The second kappa shape index (κ2) is 5.37. The maximum Gasteiger partial charge on any atom is 0.185 e. The van der Waals surface area contributed by atoms with E-state index in [2.05, 4.69) is 20.2 Å². The third-order valence-corrected chi connectivity index (χ3v) is 3.82. The minimum Gasteiger partial charge on any atom is -0.507 e. The third-order valence-electron chi connectivity index (χ3n) is 3.58. The zero-order valence-electron chi connectivity index (χ0n) is 11.9. The van der Waals surface area contributed by atoms with E-state index in [0.717, 1.165) is 10.8 Å². The molecule has 0 aliphatic rings. The molecule has 2 N–H and O–H groups in total. The number of benzene rings is 2. The molecule has 4 rings (SSSR count). The number of pyridine rings is 1. The van der Waals surface area contributed by atoms with Crippen LogP contribution in [0, 0.1) is 0 Å². The molecular formula is C17H11ClN4O. The Balaban J connectivity index is 1.86. The zero-order chi connectivity index (χ0) is 15.8. The van der Waals surface area contributed by atoms with Gasteiger partial charge < -0.3 is 5.11 Å². The number of hydrogen-bond acceptors (Lipinski definition) is 4. The fourth-order valence-electron chi connectivity index (χ4n) is 2.48. The van der Waals surface area contributed by atoms with Gasteiger partial charge in [-0.3, -0.25) is 10.1 Å². The van der Waals surface area contributed by atoms with Gasteiger partial charge >= 0.3 is 0 Å². The predicted octanol–water partition coefficient (Wildman–Crippen LogP) is 4.05. The molecule has 0 radical (unpaired) electrons. The van der Waals surface area contributed by atoms with E-state index in [-0.39, 0.29) is 5.75 Å². The lowest BCUT2D eigenvalue weighted by atomic mass is 10.1. The molecule has 112 valence electrons. The van der Waals surface area contributed by atoms with Gasteiger partial charge in [-0.15, -0.1) is 0 Å². The van der Waals surface area contributed by atoms with E-state index in [1.54, 1.807) is 18.3 Å². The Bertz CT molecular complexity index is 1010. The van der Waals surface area contributed by atoms with Crippen LogP contribution in [0.25, 0.3) is 33.7 Å². The summed E-state index contributed by atoms with van der Waals surface area (Å²) in [6.45, 7) is 0. The molecular weight excluding hydrogens is 312 g/mol. The van der Waals surface area contributed by atoms with E-state index in [1.807, 2.05) is 30.3 Å². The van der Waals surface area contributed by atoms with E-state index in [9.17, 15) is 5.11 Å². The number of halogens is 1. The normalized spacial score (nSPS) is 11.0. The average Bonchev–Trinajstić information content (AvgIpc) is 3.06. The van der Waals surface area contributed by atoms with Crippen molar-refractivity contribution in [2.45, 2.75) is 0 Å². The van der Waals surface area contributed by atoms with E-state index in [1.165, 1.54) is 6.07 Å². The molecule has 4 aromatic rings. The Morgan fingerprint density at radius 2 is 1.91 bits per heavy atom. The second-order valence-corrected chi connectivity index (χ2v) is 5.49. The Labute approximate surface area is 136 Å². The first-order valence-corrected chi connectivity index (χ1v) is 7.35. The first-order chi connectivity index (χ1) is 11.2. The highest BCUT2D eigenvalue weighted by molar-refractivity contribution is 6.30. The molecule has 0 aliphatic heterocycles. The molecule has 5 nitrogen and oxygen atoms in total. The molecule has 0 unspecified atom stereocenters. The Hall–Kier alpha value is -2.92. The first kappa shape index (κ1) is 13.7. The van der Waals surface area contributed by atoms with Crippen LogP contribution in [0.5, 0.6) is 5.75 Å². The van der Waals surface area contributed by atoms with Crippen molar-refractivity contribution in [1.29, 1.82) is 0 Å². The minimum absolute atomic E-state index is 0.0748. The van der Waals surface area contributed by atoms with E-state index in [4.69, 9.17) is 11.6 Å². The monoisotopic (exact) mass is 322 g/mol. The van der Waals surface area contributed by atoms with Gasteiger partial charge in [0.1, 0.15) is 11.4 Å². The molecule has 2 aromatic carbocycles. The summed E-state index contributed by atoms with van der Waals surface area (Å²) in [4.78, 5) is 8.86. The summed E-state index contributed by atoms with van der Waals surface area (Å²) >= 11 is 5.98. The molecule has 0 saturated carbocycles. The van der Waals surface area contributed by atoms with E-state index in [0.29, 0.717) is 27.9 Å². The lowest BCUT2D eigenvalue weighted by Crippen LogP contribution is -1.88. The summed E-state index contributed by atoms with van der Waals surface area (Å²) < 4.78 is 0. The summed E-state index contributed by atoms with van der Waals surface area (Å²) in [7, 11) is 0. The minimum atomic E-state index is 0.0748. The fraction of sp³-hybridized carbons (Fsp3) is 0. The van der Waals surface area contributed by atoms with Crippen molar-refractivity contribution in [3.8, 4) is 28.7 Å². The molecule has 0 saturated heterocycles. The van der Waals surface area contributed by atoms with Gasteiger partial charge in [-0.25, -0.2) is 4.98 Å². The number of nitrogens with one attached hydrogen (secondary N) is 1. The van der Waals surface area contributed by atoms with Gasteiger partial charge in [-0.2, -0.15) is 5.10 Å². The summed E-state index contributed by atoms with van der Waals surface area (Å²) in [6, 6.07) is 14.6. The lowest BCUT2D eigenvalue weighted by Gasteiger charge is -2.02. The lowest BCUT2D eigenvalue weighted by molar-refractivity contribution is 0.477. The molecule has 2 aromatic heterocycles. The SMILES string of the molecule is Oc1ccc(Cl)cc1-c1n[nH]c(-c2nccc3ccccc23)n1. The molecule has 6 heteroatoms. The molecule has 0 atom stereocenters. The predicted molar refractivity (Wildman–Crippen MR) is 89.2 cm³/mol. The van der Waals surface area contributed by atoms with Crippen LogP contribution in [0.2, 0.25) is 5.02 Å². The highest BCUT2D eigenvalue weighted by atomic mass is 35.5. The van der Waals surface area contributed by atoms with E-state index >= 15 is 0 Å². The first-order valence-electron chi connectivity index (χ1n) is 6.98. The molecule has 0 fully saturated rings. The van der Waals surface area contributed by atoms with Crippen LogP contribution < -0.4 is 0 Å². The van der Waals surface area contributed by atoms with Crippen LogP contribution in [-0.2, 0) is 0 Å². The Morgan fingerprint density at radius 1 is 1.04 bits per heavy atom. The van der Waals surface area contributed by atoms with Gasteiger partial charge in [0, 0.05) is 16.6 Å². The molecule has 0 aliphatic carbocycles. The van der Waals surface area contributed by atoms with Crippen molar-refractivity contribution < 1.29 is 5.11 Å². The largest absolute Gasteiger partial charge is 0.507 e. The summed E-state index contributed by atoms with van der Waals surface area (Å²) in [5.74, 6) is 0.983. The molecule has 0 bridgehead atoms. The second-order valence-electron chi connectivity index (χ2n) is 5.05. The van der Waals surface area contributed by atoms with E-state index < -0.39 is 0 Å². The summed E-state index contributed by atoms with van der Waals surface area (Å²) in [6.07, 6.45) is 1.73. The van der Waals surface area contributed by atoms with Crippen molar-refractivity contribution in [2.24, 2.45) is 0 Å². The topological polar surface area (TPSA) is 74.7 Å². The number of aromatic hydroxyl groups is 1. The number of H-pyrrole nitrogens is 1. The Kier molecular flexibility index (Phi) is 3.20. The molecule has 0 amide bonds. The average molecular weight is 323 g/mol. The number of nitrogens with zero attached hydrogens (tertiary/aromatic N) is 3. The quantitative estimate of drug-likeness (QED) is 0.584.